The number of nitriles is 1. The lowest BCUT2D eigenvalue weighted by Crippen LogP contribution is -3.11. The molecular formula is C26H25ClN8. The summed E-state index contributed by atoms with van der Waals surface area (Å²) in [6, 6.07) is 4.64. The second-order valence-electron chi connectivity index (χ2n) is 11.9. The van der Waals surface area contributed by atoms with E-state index in [2.05, 4.69) is 38.1 Å². The van der Waals surface area contributed by atoms with Crippen LogP contribution in [-0.2, 0) is 12.0 Å². The predicted octanol–water partition coefficient (Wildman–Crippen LogP) is 4.10. The molecule has 3 heterocycles. The predicted molar refractivity (Wildman–Crippen MR) is 127 cm³/mol. The number of anilines is 2. The summed E-state index contributed by atoms with van der Waals surface area (Å²) in [5.41, 5.74) is 4.55. The van der Waals surface area contributed by atoms with Crippen molar-refractivity contribution in [2.75, 3.05) is 5.32 Å². The zero-order valence-corrected chi connectivity index (χ0v) is 20.6. The van der Waals surface area contributed by atoms with E-state index in [9.17, 15) is 5.26 Å². The Morgan fingerprint density at radius 2 is 1.80 bits per heavy atom. The second-order valence-corrected chi connectivity index (χ2v) is 12.2. The van der Waals surface area contributed by atoms with Gasteiger partial charge in [-0.2, -0.15) is 15.5 Å². The van der Waals surface area contributed by atoms with Crippen molar-refractivity contribution in [3.63, 3.8) is 0 Å². The normalized spacial score (nSPS) is 40.0. The molecule has 0 unspecified atom stereocenters. The minimum Gasteiger partial charge on any atom is -0.325 e. The van der Waals surface area contributed by atoms with Crippen molar-refractivity contribution in [3.8, 4) is 11.9 Å². The quantitative estimate of drug-likeness (QED) is 0.565. The number of aromatic nitrogens is 6. The van der Waals surface area contributed by atoms with Crippen LogP contribution in [0.15, 0.2) is 12.4 Å². The van der Waals surface area contributed by atoms with Crippen LogP contribution in [-0.4, -0.2) is 29.5 Å². The first kappa shape index (κ1) is 19.3. The minimum absolute atomic E-state index is 0.0799. The van der Waals surface area contributed by atoms with Gasteiger partial charge >= 0.3 is 0 Å². The maximum Gasteiger partial charge on any atom is 0.159 e. The molecule has 7 fully saturated rings. The number of hydrogen-bond acceptors (Lipinski definition) is 6. The summed E-state index contributed by atoms with van der Waals surface area (Å²) in [5.74, 6) is 7.28. The first-order valence-electron chi connectivity index (χ1n) is 12.7. The number of halogens is 1. The molecule has 0 radical (unpaired) electrons. The van der Waals surface area contributed by atoms with Gasteiger partial charge in [0, 0.05) is 23.6 Å². The van der Waals surface area contributed by atoms with Gasteiger partial charge in [-0.05, 0) is 75.0 Å². The van der Waals surface area contributed by atoms with Crippen LogP contribution < -0.4 is 5.32 Å². The molecule has 0 aromatic carbocycles. The van der Waals surface area contributed by atoms with Crippen LogP contribution in [0.3, 0.4) is 0 Å². The third-order valence-corrected chi connectivity index (χ3v) is 11.4. The van der Waals surface area contributed by atoms with Crippen LogP contribution in [0.2, 0.25) is 5.02 Å². The maximum atomic E-state index is 9.78. The summed E-state index contributed by atoms with van der Waals surface area (Å²) in [6.07, 6.45) is 4.12. The van der Waals surface area contributed by atoms with Crippen molar-refractivity contribution in [3.05, 3.63) is 40.1 Å². The van der Waals surface area contributed by atoms with Crippen molar-refractivity contribution in [1.82, 2.24) is 29.5 Å². The number of aryl methyl sites for hydroxylation is 1. The average Bonchev–Trinajstić information content (AvgIpc) is 3.60. The van der Waals surface area contributed by atoms with Crippen molar-refractivity contribution in [2.24, 2.45) is 46.8 Å². The van der Waals surface area contributed by atoms with Gasteiger partial charge in [0.05, 0.1) is 33.6 Å². The van der Waals surface area contributed by atoms with Gasteiger partial charge in [-0.1, -0.05) is 11.6 Å². The first-order chi connectivity index (χ1) is 16.9. The number of nitrogens with one attached hydrogen (secondary N) is 1. The van der Waals surface area contributed by atoms with E-state index in [4.69, 9.17) is 16.7 Å². The SMILES string of the molecule is Cc1nn(-c2cc(Nc3c(C)c(C45C6C7C4C4C5C6C74C#N)nn3CC3CC3)ncn2)c(C)c1Cl. The van der Waals surface area contributed by atoms with E-state index in [-0.39, 0.29) is 10.8 Å². The van der Waals surface area contributed by atoms with Gasteiger partial charge in [-0.15, -0.1) is 0 Å². The smallest absolute Gasteiger partial charge is 0.159 e. The standard InChI is InChI=1S/C26H25ClN8/c1-10-23(26-19-16-20(26)18-21(26)17(19)25(16,18)8-28)33-34(7-13-4-5-13)24(10)31-14-6-15(30-9-29-14)35-12(3)22(27)11(2)32-35/h6,9,13,16-21H,4-5,7H2,1-3H3,(H,29,30,31). The molecule has 0 aliphatic heterocycles. The highest BCUT2D eigenvalue weighted by Crippen LogP contribution is 3.09. The molecule has 8 nitrogen and oxygen atoms in total. The number of rotatable bonds is 6. The van der Waals surface area contributed by atoms with Crippen molar-refractivity contribution >= 4 is 23.2 Å². The summed E-state index contributed by atoms with van der Waals surface area (Å²) in [4.78, 5) is 8.97. The summed E-state index contributed by atoms with van der Waals surface area (Å²) in [7, 11) is 0. The molecule has 0 saturated heterocycles. The van der Waals surface area contributed by atoms with Crippen LogP contribution >= 0.6 is 11.6 Å². The molecule has 176 valence electrons. The molecule has 0 atom stereocenters. The third kappa shape index (κ3) is 1.73. The minimum atomic E-state index is 0.0799. The van der Waals surface area contributed by atoms with Crippen molar-refractivity contribution in [2.45, 2.75) is 45.6 Å². The molecule has 9 heteroatoms. The zero-order chi connectivity index (χ0) is 23.6. The highest BCUT2D eigenvalue weighted by Gasteiger charge is 3.11. The fourth-order valence-corrected chi connectivity index (χ4v) is 9.64. The molecule has 0 amide bonds. The van der Waals surface area contributed by atoms with E-state index in [0.717, 1.165) is 29.6 Å². The second kappa shape index (κ2) is 5.57. The molecule has 7 saturated carbocycles. The van der Waals surface area contributed by atoms with E-state index >= 15 is 0 Å². The van der Waals surface area contributed by atoms with Gasteiger partial charge in [0.1, 0.15) is 18.0 Å². The van der Waals surface area contributed by atoms with Crippen LogP contribution in [0.4, 0.5) is 11.6 Å². The average molecular weight is 485 g/mol. The molecular weight excluding hydrogens is 460 g/mol. The van der Waals surface area contributed by atoms with Gasteiger partial charge in [0.25, 0.3) is 0 Å². The Balaban J connectivity index is 1.09. The summed E-state index contributed by atoms with van der Waals surface area (Å²) >= 11 is 6.37. The molecule has 3 aromatic rings. The monoisotopic (exact) mass is 484 g/mol. The highest BCUT2D eigenvalue weighted by atomic mass is 35.5. The van der Waals surface area contributed by atoms with E-state index < -0.39 is 0 Å². The van der Waals surface area contributed by atoms with E-state index in [1.807, 2.05) is 19.9 Å². The number of nitrogens with zero attached hydrogens (tertiary/aromatic N) is 7. The fourth-order valence-electron chi connectivity index (χ4n) is 9.52. The van der Waals surface area contributed by atoms with Crippen molar-refractivity contribution in [1.29, 1.82) is 5.26 Å². The highest BCUT2D eigenvalue weighted by molar-refractivity contribution is 6.31. The Labute approximate surface area is 207 Å². The summed E-state index contributed by atoms with van der Waals surface area (Å²) in [6.45, 7) is 7.01. The zero-order valence-electron chi connectivity index (χ0n) is 19.8. The molecule has 35 heavy (non-hydrogen) atoms. The topological polar surface area (TPSA) is 97.2 Å². The van der Waals surface area contributed by atoms with E-state index in [1.54, 1.807) is 11.0 Å². The van der Waals surface area contributed by atoms with E-state index in [1.165, 1.54) is 24.1 Å². The summed E-state index contributed by atoms with van der Waals surface area (Å²) in [5, 5.41) is 23.9. The maximum absolute atomic E-state index is 9.78. The lowest BCUT2D eigenvalue weighted by Gasteiger charge is -3.09. The van der Waals surface area contributed by atoms with Gasteiger partial charge in [-0.25, -0.2) is 19.3 Å². The molecule has 0 bridgehead atoms. The largest absolute Gasteiger partial charge is 0.325 e. The molecule has 3 aromatic heterocycles. The van der Waals surface area contributed by atoms with Gasteiger partial charge in [0.15, 0.2) is 5.82 Å². The lowest BCUT2D eigenvalue weighted by molar-refractivity contribution is -0.611. The third-order valence-electron chi connectivity index (χ3n) is 10.9. The van der Waals surface area contributed by atoms with Gasteiger partial charge < -0.3 is 5.32 Å². The van der Waals surface area contributed by atoms with Crippen LogP contribution in [0, 0.1) is 78.9 Å². The van der Waals surface area contributed by atoms with Gasteiger partial charge in [-0.3, -0.25) is 0 Å². The Morgan fingerprint density at radius 3 is 2.40 bits per heavy atom. The number of hydrogen-bond donors (Lipinski definition) is 1. The fraction of sp³-hybridized carbons (Fsp3) is 0.577. The first-order valence-corrected chi connectivity index (χ1v) is 13.1. The van der Waals surface area contributed by atoms with E-state index in [0.29, 0.717) is 52.3 Å². The molecule has 10 rings (SSSR count). The Morgan fingerprint density at radius 1 is 1.09 bits per heavy atom. The Hall–Kier alpha value is -2.92. The van der Waals surface area contributed by atoms with Crippen LogP contribution in [0.25, 0.3) is 5.82 Å². The Bertz CT molecular complexity index is 1480. The molecule has 0 spiro atoms. The van der Waals surface area contributed by atoms with Crippen LogP contribution in [0.5, 0.6) is 0 Å². The summed E-state index contributed by atoms with van der Waals surface area (Å²) < 4.78 is 3.97. The molecule has 7 aliphatic carbocycles. The van der Waals surface area contributed by atoms with Crippen molar-refractivity contribution < 1.29 is 0 Å². The van der Waals surface area contributed by atoms with Gasteiger partial charge in [0.2, 0.25) is 0 Å². The molecule has 1 N–H and O–H groups in total. The van der Waals surface area contributed by atoms with Crippen LogP contribution in [0.1, 0.15) is 35.5 Å². The lowest BCUT2D eigenvalue weighted by atomic mass is 8.92. The molecule has 7 aliphatic rings. The Kier molecular flexibility index (Phi) is 3.07.